The molecule has 0 aliphatic carbocycles. The fourth-order valence-corrected chi connectivity index (χ4v) is 3.84. The number of carbonyl (C=O) groups excluding carboxylic acids is 1. The lowest BCUT2D eigenvalue weighted by Crippen LogP contribution is -2.56. The van der Waals surface area contributed by atoms with Crippen molar-refractivity contribution in [2.45, 2.75) is 24.7 Å². The van der Waals surface area contributed by atoms with E-state index in [2.05, 4.69) is 25.9 Å². The number of aromatic nitrogens is 2. The highest BCUT2D eigenvalue weighted by Gasteiger charge is 2.45. The molecule has 7 nitrogen and oxygen atoms in total. The molecule has 130 valence electrons. The Kier molecular flexibility index (Phi) is 4.20. The number of likely N-dealkylation sites (tertiary alicyclic amines) is 1. The zero-order chi connectivity index (χ0) is 17.4. The van der Waals surface area contributed by atoms with Crippen molar-refractivity contribution >= 4 is 22.0 Å². The summed E-state index contributed by atoms with van der Waals surface area (Å²) < 4.78 is 17.8. The van der Waals surface area contributed by atoms with Crippen molar-refractivity contribution in [3.05, 3.63) is 46.7 Å². The number of benzene rings is 1. The van der Waals surface area contributed by atoms with E-state index in [9.17, 15) is 4.79 Å². The Morgan fingerprint density at radius 3 is 2.56 bits per heavy atom. The number of piperidine rings is 1. The molecule has 0 radical (unpaired) electrons. The smallest absolute Gasteiger partial charge is 0.410 e. The number of nitrogens with zero attached hydrogens (tertiary/aromatic N) is 3. The van der Waals surface area contributed by atoms with E-state index in [4.69, 9.17) is 14.2 Å². The highest BCUT2D eigenvalue weighted by atomic mass is 79.9. The summed E-state index contributed by atoms with van der Waals surface area (Å²) in [6.07, 6.45) is 2.75. The number of hydrogen-bond donors (Lipinski definition) is 0. The first-order chi connectivity index (χ1) is 12.2. The van der Waals surface area contributed by atoms with Gasteiger partial charge < -0.3 is 14.2 Å². The lowest BCUT2D eigenvalue weighted by atomic mass is 9.91. The maximum absolute atomic E-state index is 12.3. The first-order valence-corrected chi connectivity index (χ1v) is 8.70. The molecule has 8 heteroatoms. The number of amides is 1. The Hall–Kier alpha value is -2.35. The van der Waals surface area contributed by atoms with Crippen molar-refractivity contribution < 1.29 is 19.0 Å². The zero-order valence-corrected chi connectivity index (χ0v) is 15.0. The van der Waals surface area contributed by atoms with Gasteiger partial charge in [0.05, 0.1) is 19.7 Å². The highest BCUT2D eigenvalue weighted by molar-refractivity contribution is 9.10. The zero-order valence-electron chi connectivity index (χ0n) is 13.5. The van der Waals surface area contributed by atoms with E-state index in [0.29, 0.717) is 24.7 Å². The quantitative estimate of drug-likeness (QED) is 0.725. The number of hydrogen-bond acceptors (Lipinski definition) is 6. The average Bonchev–Trinajstić information content (AvgIpc) is 2.65. The maximum Gasteiger partial charge on any atom is 0.410 e. The predicted molar refractivity (Wildman–Crippen MR) is 91.5 cm³/mol. The number of carbonyl (C=O) groups is 1. The van der Waals surface area contributed by atoms with E-state index in [1.807, 2.05) is 24.3 Å². The second-order valence-corrected chi connectivity index (χ2v) is 6.73. The number of halogens is 1. The molecule has 1 aromatic carbocycles. The van der Waals surface area contributed by atoms with Crippen molar-refractivity contribution in [3.8, 4) is 11.8 Å². The van der Waals surface area contributed by atoms with Crippen molar-refractivity contribution in [1.82, 2.24) is 14.9 Å². The molecule has 2 aromatic rings. The van der Waals surface area contributed by atoms with Gasteiger partial charge in [-0.25, -0.2) is 14.8 Å². The topological polar surface area (TPSA) is 73.8 Å². The summed E-state index contributed by atoms with van der Waals surface area (Å²) in [7, 11) is 1.38. The minimum atomic E-state index is -0.396. The van der Waals surface area contributed by atoms with Crippen molar-refractivity contribution in [2.75, 3.05) is 13.7 Å². The first kappa shape index (κ1) is 16.1. The van der Waals surface area contributed by atoms with Crippen LogP contribution in [0.2, 0.25) is 0 Å². The molecule has 2 aliphatic rings. The Morgan fingerprint density at radius 1 is 1.20 bits per heavy atom. The fraction of sp³-hybridized carbons (Fsp3) is 0.353. The summed E-state index contributed by atoms with van der Waals surface area (Å²) >= 11 is 3.57. The van der Waals surface area contributed by atoms with Crippen molar-refractivity contribution in [2.24, 2.45) is 0 Å². The van der Waals surface area contributed by atoms with Crippen LogP contribution < -0.4 is 9.47 Å². The molecule has 2 aliphatic heterocycles. The van der Waals surface area contributed by atoms with Gasteiger partial charge in [0, 0.05) is 23.3 Å². The van der Waals surface area contributed by atoms with Gasteiger partial charge in [-0.1, -0.05) is 34.1 Å². The molecule has 0 unspecified atom stereocenters. The summed E-state index contributed by atoms with van der Waals surface area (Å²) in [5, 5.41) is 0. The van der Waals surface area contributed by atoms with Crippen LogP contribution >= 0.6 is 15.9 Å². The Labute approximate surface area is 153 Å². The van der Waals surface area contributed by atoms with Crippen LogP contribution in [0.15, 0.2) is 41.1 Å². The Balaban J connectivity index is 1.68. The first-order valence-electron chi connectivity index (χ1n) is 7.90. The van der Waals surface area contributed by atoms with Crippen molar-refractivity contribution in [3.63, 3.8) is 0 Å². The third kappa shape index (κ3) is 2.90. The van der Waals surface area contributed by atoms with Crippen LogP contribution in [0.1, 0.15) is 18.0 Å². The van der Waals surface area contributed by atoms with E-state index >= 15 is 0 Å². The summed E-state index contributed by atoms with van der Waals surface area (Å²) in [5.74, 6) is 0.744. The summed E-state index contributed by atoms with van der Waals surface area (Å²) in [6.45, 7) is 0.347. The lowest BCUT2D eigenvalue weighted by Gasteiger charge is -2.44. The van der Waals surface area contributed by atoms with E-state index in [-0.39, 0.29) is 18.2 Å². The standard InChI is InChI=1S/C17H16BrN3O4/c1-23-17(22)21-9-14-13(24-15-16(25-14)20-7-6-19-15)8-12(21)10-4-2-3-5-11(10)18/h2-7,12-14H,8-9H2,1H3/t12-,13-,14+/m1/s1. The number of fused-ring (bicyclic) bond motifs is 2. The molecule has 0 saturated carbocycles. The normalized spacial score (nSPS) is 24.4. The second-order valence-electron chi connectivity index (χ2n) is 5.87. The number of methoxy groups -OCH3 is 1. The van der Waals surface area contributed by atoms with Crippen LogP contribution in [0.3, 0.4) is 0 Å². The molecule has 3 atom stereocenters. The van der Waals surface area contributed by atoms with Gasteiger partial charge in [0.2, 0.25) is 0 Å². The second kappa shape index (κ2) is 6.51. The molecule has 1 aromatic heterocycles. The molecule has 1 saturated heterocycles. The summed E-state index contributed by atoms with van der Waals surface area (Å²) in [4.78, 5) is 22.3. The molecular weight excluding hydrogens is 390 g/mol. The van der Waals surface area contributed by atoms with Gasteiger partial charge in [0.15, 0.2) is 6.10 Å². The van der Waals surface area contributed by atoms with Gasteiger partial charge in [0.25, 0.3) is 11.8 Å². The fourth-order valence-electron chi connectivity index (χ4n) is 3.30. The van der Waals surface area contributed by atoms with E-state index in [1.165, 1.54) is 7.11 Å². The van der Waals surface area contributed by atoms with Gasteiger partial charge in [-0.2, -0.15) is 0 Å². The minimum absolute atomic E-state index is 0.189. The van der Waals surface area contributed by atoms with Gasteiger partial charge in [-0.15, -0.1) is 0 Å². The molecule has 3 heterocycles. The molecule has 1 fully saturated rings. The summed E-state index contributed by atoms with van der Waals surface area (Å²) in [5.41, 5.74) is 1.000. The van der Waals surface area contributed by atoms with Crippen LogP contribution in [0, 0.1) is 0 Å². The van der Waals surface area contributed by atoms with Crippen LogP contribution in [-0.2, 0) is 4.74 Å². The van der Waals surface area contributed by atoms with Gasteiger partial charge in [-0.05, 0) is 11.6 Å². The van der Waals surface area contributed by atoms with Gasteiger partial charge in [-0.3, -0.25) is 4.90 Å². The third-order valence-electron chi connectivity index (χ3n) is 4.46. The Morgan fingerprint density at radius 2 is 1.88 bits per heavy atom. The summed E-state index contributed by atoms with van der Waals surface area (Å²) in [6, 6.07) is 7.64. The average molecular weight is 406 g/mol. The molecule has 0 N–H and O–H groups in total. The monoisotopic (exact) mass is 405 g/mol. The van der Waals surface area contributed by atoms with Crippen LogP contribution in [0.25, 0.3) is 0 Å². The number of ether oxygens (including phenoxy) is 3. The third-order valence-corrected chi connectivity index (χ3v) is 5.18. The molecule has 25 heavy (non-hydrogen) atoms. The molecule has 4 rings (SSSR count). The van der Waals surface area contributed by atoms with Gasteiger partial charge >= 0.3 is 6.09 Å². The van der Waals surface area contributed by atoms with Crippen LogP contribution in [-0.4, -0.2) is 46.8 Å². The van der Waals surface area contributed by atoms with E-state index < -0.39 is 6.09 Å². The molecule has 1 amide bonds. The predicted octanol–water partition coefficient (Wildman–Crippen LogP) is 2.96. The molecule has 0 spiro atoms. The largest absolute Gasteiger partial charge is 0.466 e. The number of rotatable bonds is 1. The van der Waals surface area contributed by atoms with E-state index in [0.717, 1.165) is 10.0 Å². The highest BCUT2D eigenvalue weighted by Crippen LogP contribution is 2.40. The molecular formula is C17H16BrN3O4. The van der Waals surface area contributed by atoms with Gasteiger partial charge in [0.1, 0.15) is 6.10 Å². The SMILES string of the molecule is COC(=O)N1C[C@@H]2Oc3nccnc3O[C@@H]2C[C@@H]1c1ccccc1Br. The Bertz CT molecular complexity index is 803. The van der Waals surface area contributed by atoms with Crippen LogP contribution in [0.5, 0.6) is 11.8 Å². The minimum Gasteiger partial charge on any atom is -0.466 e. The maximum atomic E-state index is 12.3. The van der Waals surface area contributed by atoms with Crippen molar-refractivity contribution in [1.29, 1.82) is 0 Å². The molecule has 0 bridgehead atoms. The lowest BCUT2D eigenvalue weighted by molar-refractivity contribution is -0.0574. The van der Waals surface area contributed by atoms with E-state index in [1.54, 1.807) is 17.3 Å². The van der Waals surface area contributed by atoms with Crippen LogP contribution in [0.4, 0.5) is 4.79 Å².